The number of halogens is 6. The second-order valence-electron chi connectivity index (χ2n) is 6.04. The van der Waals surface area contributed by atoms with Gasteiger partial charge in [-0.2, -0.15) is 0 Å². The fourth-order valence-electron chi connectivity index (χ4n) is 2.46. The number of aliphatic imine (C=N–C) groups is 2. The quantitative estimate of drug-likeness (QED) is 0.193. The molecule has 3 nitrogen and oxygen atoms in total. The molecule has 164 valence electrons. The maximum atomic E-state index is 4.76. The van der Waals surface area contributed by atoms with Gasteiger partial charge in [-0.3, -0.25) is 9.98 Å². The average molecular weight is 756 g/mol. The second-order valence-corrected chi connectivity index (χ2v) is 11.4. The maximum absolute atomic E-state index is 4.76. The van der Waals surface area contributed by atoms with Gasteiger partial charge in [-0.25, -0.2) is 4.98 Å². The van der Waals surface area contributed by atoms with E-state index < -0.39 is 0 Å². The van der Waals surface area contributed by atoms with E-state index in [0.29, 0.717) is 0 Å². The molecule has 1 heterocycles. The normalized spacial score (nSPS) is 11.9. The number of benzene rings is 2. The fraction of sp³-hybridized carbons (Fsp3) is 0.0952. The van der Waals surface area contributed by atoms with Gasteiger partial charge < -0.3 is 0 Å². The summed E-state index contributed by atoms with van der Waals surface area (Å²) in [7, 11) is 9.53. The van der Waals surface area contributed by atoms with E-state index in [4.69, 9.17) is 35.2 Å². The zero-order chi connectivity index (χ0) is 23.0. The van der Waals surface area contributed by atoms with Crippen molar-refractivity contribution in [2.75, 3.05) is 0 Å². The molecule has 0 aliphatic carbocycles. The molecule has 10 heteroatoms. The first-order valence-electron chi connectivity index (χ1n) is 8.58. The molecule has 0 amide bonds. The summed E-state index contributed by atoms with van der Waals surface area (Å²) < 4.78 is 3.86. The van der Waals surface area contributed by atoms with Crippen LogP contribution in [0.5, 0.6) is 0 Å². The van der Waals surface area contributed by atoms with Crippen LogP contribution < -0.4 is 0 Å². The van der Waals surface area contributed by atoms with Crippen molar-refractivity contribution in [1.82, 2.24) is 4.98 Å². The fourth-order valence-corrected chi connectivity index (χ4v) is 4.73. The van der Waals surface area contributed by atoms with E-state index in [0.717, 1.165) is 52.1 Å². The molecule has 0 aliphatic heterocycles. The van der Waals surface area contributed by atoms with Crippen LogP contribution in [-0.2, 0) is 13.1 Å². The topological polar surface area (TPSA) is 37.6 Å². The Morgan fingerprint density at radius 3 is 1.48 bits per heavy atom. The summed E-state index contributed by atoms with van der Waals surface area (Å²) in [4.78, 5) is 14.2. The molecular formula is C21H15Br4Cl2FeN3. The van der Waals surface area contributed by atoms with Gasteiger partial charge in [0, 0.05) is 17.9 Å². The molecule has 0 fully saturated rings. The number of nitrogens with zero attached hydrogens (tertiary/aromatic N) is 3. The van der Waals surface area contributed by atoms with Crippen molar-refractivity contribution < 1.29 is 13.1 Å². The molecule has 0 bridgehead atoms. The monoisotopic (exact) mass is 751 g/mol. The summed E-state index contributed by atoms with van der Waals surface area (Å²) in [6, 6.07) is 17.7. The van der Waals surface area contributed by atoms with Gasteiger partial charge in [-0.1, -0.05) is 37.9 Å². The Balaban J connectivity index is 0.00000107. The first-order chi connectivity index (χ1) is 14.7. The zero-order valence-corrected chi connectivity index (χ0v) is 25.1. The minimum absolute atomic E-state index is 0.194. The van der Waals surface area contributed by atoms with E-state index in [1.807, 2.05) is 68.4 Å². The second kappa shape index (κ2) is 13.6. The van der Waals surface area contributed by atoms with E-state index in [-0.39, 0.29) is 13.1 Å². The minimum atomic E-state index is 0.194. The molecule has 0 spiro atoms. The molecule has 1 aromatic heterocycles. The molecule has 3 rings (SSSR count). The molecule has 0 radical (unpaired) electrons. The summed E-state index contributed by atoms with van der Waals surface area (Å²) in [5.41, 5.74) is 5.02. The van der Waals surface area contributed by atoms with E-state index >= 15 is 0 Å². The Morgan fingerprint density at radius 1 is 0.742 bits per heavy atom. The van der Waals surface area contributed by atoms with Crippen molar-refractivity contribution in [3.05, 3.63) is 83.9 Å². The van der Waals surface area contributed by atoms with Crippen LogP contribution in [0.3, 0.4) is 0 Å². The van der Waals surface area contributed by atoms with Crippen molar-refractivity contribution in [2.45, 2.75) is 13.8 Å². The van der Waals surface area contributed by atoms with Gasteiger partial charge in [0.25, 0.3) is 0 Å². The Bertz CT molecular complexity index is 1040. The van der Waals surface area contributed by atoms with Crippen LogP contribution in [0, 0.1) is 0 Å². The van der Waals surface area contributed by atoms with Crippen molar-refractivity contribution in [3.63, 3.8) is 0 Å². The van der Waals surface area contributed by atoms with Crippen LogP contribution in [0.15, 0.2) is 82.5 Å². The van der Waals surface area contributed by atoms with Gasteiger partial charge >= 0.3 is 33.3 Å². The van der Waals surface area contributed by atoms with Crippen LogP contribution in [0.4, 0.5) is 11.4 Å². The number of rotatable bonds is 4. The first kappa shape index (κ1) is 27.2. The molecule has 0 saturated carbocycles. The first-order valence-corrected chi connectivity index (χ1v) is 14.8. The van der Waals surface area contributed by atoms with Gasteiger partial charge in [0.2, 0.25) is 0 Å². The van der Waals surface area contributed by atoms with E-state index in [9.17, 15) is 0 Å². The van der Waals surface area contributed by atoms with E-state index in [1.54, 1.807) is 0 Å². The summed E-state index contributed by atoms with van der Waals surface area (Å²) in [6.45, 7) is 3.91. The molecule has 0 atom stereocenters. The summed E-state index contributed by atoms with van der Waals surface area (Å²) in [6.07, 6.45) is 0. The van der Waals surface area contributed by atoms with Gasteiger partial charge in [0.15, 0.2) is 0 Å². The Labute approximate surface area is 230 Å². The van der Waals surface area contributed by atoms with E-state index in [1.165, 1.54) is 0 Å². The Morgan fingerprint density at radius 2 is 1.13 bits per heavy atom. The van der Waals surface area contributed by atoms with Crippen LogP contribution in [0.2, 0.25) is 0 Å². The third kappa shape index (κ3) is 8.67. The summed E-state index contributed by atoms with van der Waals surface area (Å²) in [5.74, 6) is 0. The zero-order valence-electron chi connectivity index (χ0n) is 16.2. The third-order valence-electron chi connectivity index (χ3n) is 3.89. The molecule has 0 aliphatic rings. The van der Waals surface area contributed by atoms with E-state index in [2.05, 4.69) is 63.7 Å². The number of hydrogen-bond donors (Lipinski definition) is 0. The predicted molar refractivity (Wildman–Crippen MR) is 143 cm³/mol. The third-order valence-corrected chi connectivity index (χ3v) is 6.14. The molecule has 0 unspecified atom stereocenters. The molecule has 31 heavy (non-hydrogen) atoms. The van der Waals surface area contributed by atoms with Crippen molar-refractivity contribution in [3.8, 4) is 0 Å². The van der Waals surface area contributed by atoms with Crippen molar-refractivity contribution >= 4 is 107 Å². The standard InChI is InChI=1S/C21H15Br4N3.2ClH.Fe/c1-12(26-20-8-6-14(22)10-16(20)24)18-4-3-5-19(28-18)13(2)27-21-9-7-15(23)11-17(21)25;;;/h3-11H,1-2H3;2*1H;/q;;;+2/p-2. The van der Waals surface area contributed by atoms with Gasteiger partial charge in [0.1, 0.15) is 0 Å². The van der Waals surface area contributed by atoms with Crippen LogP contribution in [0.25, 0.3) is 0 Å². The van der Waals surface area contributed by atoms with Crippen molar-refractivity contribution in [2.24, 2.45) is 9.98 Å². The van der Waals surface area contributed by atoms with Crippen molar-refractivity contribution in [1.29, 1.82) is 0 Å². The molecule has 0 N–H and O–H groups in total. The Kier molecular flexibility index (Phi) is 11.9. The van der Waals surface area contributed by atoms with Gasteiger partial charge in [-0.05, 0) is 94.2 Å². The molecule has 0 saturated heterocycles. The van der Waals surface area contributed by atoms with Gasteiger partial charge in [0.05, 0.1) is 34.2 Å². The summed E-state index contributed by atoms with van der Waals surface area (Å²) >= 11 is 14.2. The van der Waals surface area contributed by atoms with Gasteiger partial charge in [-0.15, -0.1) is 0 Å². The molecule has 2 aromatic carbocycles. The Hall–Kier alpha value is -0.0505. The molecule has 3 aromatic rings. The molecular weight excluding hydrogens is 741 g/mol. The number of aromatic nitrogens is 1. The predicted octanol–water partition coefficient (Wildman–Crippen LogP) is 9.79. The average Bonchev–Trinajstić information content (AvgIpc) is 2.72. The SMILES string of the molecule is CC(=Nc1ccc(Br)cc1Br)c1cccc(C(C)=Nc2ccc(Br)cc2Br)n1.[Cl][Fe][Cl]. The van der Waals surface area contributed by atoms with Crippen LogP contribution in [-0.4, -0.2) is 16.4 Å². The van der Waals surface area contributed by atoms with Crippen LogP contribution >= 0.6 is 83.9 Å². The number of pyridine rings is 1. The number of hydrogen-bond acceptors (Lipinski definition) is 3. The summed E-state index contributed by atoms with van der Waals surface area (Å²) in [5, 5.41) is 0. The van der Waals surface area contributed by atoms with Crippen LogP contribution in [0.1, 0.15) is 25.2 Å².